The molecule has 2 aromatic rings. The fourth-order valence-electron chi connectivity index (χ4n) is 4.37. The lowest BCUT2D eigenvalue weighted by molar-refractivity contribution is 0.392. The van der Waals surface area contributed by atoms with Crippen molar-refractivity contribution < 1.29 is 14.7 Å². The number of hydrogen-bond donors (Lipinski definition) is 2. The second-order valence-electron chi connectivity index (χ2n) is 8.32. The molecule has 2 unspecified atom stereocenters. The monoisotopic (exact) mass is 396 g/mol. The zero-order chi connectivity index (χ0) is 21.1. The maximum Gasteiger partial charge on any atom is 0.223 e. The summed E-state index contributed by atoms with van der Waals surface area (Å²) < 4.78 is 5.19. The molecule has 1 aromatic carbocycles. The molecule has 1 heterocycles. The van der Waals surface area contributed by atoms with Gasteiger partial charge in [0, 0.05) is 18.4 Å². The van der Waals surface area contributed by atoms with Crippen molar-refractivity contribution in [2.45, 2.75) is 72.1 Å². The molecule has 0 spiro atoms. The third-order valence-electron chi connectivity index (χ3n) is 5.91. The minimum atomic E-state index is -0.127. The molecule has 0 saturated carbocycles. The molecule has 5 nitrogen and oxygen atoms in total. The summed E-state index contributed by atoms with van der Waals surface area (Å²) in [6.07, 6.45) is 7.99. The Morgan fingerprint density at radius 1 is 1.28 bits per heavy atom. The summed E-state index contributed by atoms with van der Waals surface area (Å²) >= 11 is 0. The highest BCUT2D eigenvalue weighted by Gasteiger charge is 2.32. The van der Waals surface area contributed by atoms with Crippen molar-refractivity contribution in [2.75, 3.05) is 0 Å². The number of allylic oxidation sites excluding steroid dienone is 3. The first-order valence-electron chi connectivity index (χ1n) is 10.5. The predicted octanol–water partition coefficient (Wildman–Crippen LogP) is 6.20. The maximum atomic E-state index is 11.4. The van der Waals surface area contributed by atoms with Crippen LogP contribution in [0.15, 0.2) is 34.4 Å². The summed E-state index contributed by atoms with van der Waals surface area (Å²) in [5, 5.41) is 26.4. The minimum Gasteiger partial charge on any atom is -0.507 e. The number of aromatic hydroxyl groups is 2. The van der Waals surface area contributed by atoms with Gasteiger partial charge in [0.15, 0.2) is 0 Å². The van der Waals surface area contributed by atoms with E-state index in [4.69, 9.17) is 4.52 Å². The van der Waals surface area contributed by atoms with Crippen LogP contribution in [0.5, 0.6) is 11.5 Å². The van der Waals surface area contributed by atoms with Gasteiger partial charge in [-0.3, -0.25) is 0 Å². The number of unbranched alkanes of at least 4 members (excludes halogenated alkanes) is 2. The summed E-state index contributed by atoms with van der Waals surface area (Å²) in [6, 6.07) is 1.78. The number of nitrogens with zero attached hydrogens (tertiary/aromatic N) is 2. The van der Waals surface area contributed by atoms with Gasteiger partial charge in [0.25, 0.3) is 0 Å². The first-order valence-corrected chi connectivity index (χ1v) is 10.5. The van der Waals surface area contributed by atoms with Gasteiger partial charge in [-0.1, -0.05) is 48.7 Å². The molecule has 0 bridgehead atoms. The number of benzene rings is 1. The van der Waals surface area contributed by atoms with E-state index < -0.39 is 0 Å². The van der Waals surface area contributed by atoms with Crippen LogP contribution in [0.3, 0.4) is 0 Å². The first-order chi connectivity index (χ1) is 13.8. The second-order valence-corrected chi connectivity index (χ2v) is 8.32. The van der Waals surface area contributed by atoms with Crippen LogP contribution in [0.4, 0.5) is 0 Å². The Kier molecular flexibility index (Phi) is 6.46. The standard InChI is InChI=1S/C24H32N2O3/c1-6-7-8-9-17-13-20(27)22(19-12-15(4)10-11-18(19)14(2)3)23(28)21(17)24-25-16(5)29-26-24/h12-13,18-19,27-28H,2,6-11H2,1,3-5H3. The SMILES string of the molecule is C=C(C)C1CCC(C)=CC1c1c(O)cc(CCCCC)c(-c2noc(C)n2)c1O. The third kappa shape index (κ3) is 4.39. The van der Waals surface area contributed by atoms with E-state index in [2.05, 4.69) is 36.6 Å². The highest BCUT2D eigenvalue weighted by atomic mass is 16.5. The van der Waals surface area contributed by atoms with E-state index in [9.17, 15) is 10.2 Å². The smallest absolute Gasteiger partial charge is 0.223 e. The Morgan fingerprint density at radius 2 is 2.03 bits per heavy atom. The van der Waals surface area contributed by atoms with Crippen LogP contribution in [-0.2, 0) is 6.42 Å². The van der Waals surface area contributed by atoms with Crippen molar-refractivity contribution in [3.05, 3.63) is 46.9 Å². The van der Waals surface area contributed by atoms with Gasteiger partial charge in [0.05, 0.1) is 5.56 Å². The van der Waals surface area contributed by atoms with Crippen LogP contribution in [0.2, 0.25) is 0 Å². The fraction of sp³-hybridized carbons (Fsp3) is 0.500. The molecule has 1 aliphatic rings. The summed E-state index contributed by atoms with van der Waals surface area (Å²) in [7, 11) is 0. The van der Waals surface area contributed by atoms with Crippen LogP contribution in [-0.4, -0.2) is 20.4 Å². The van der Waals surface area contributed by atoms with Crippen LogP contribution < -0.4 is 0 Å². The second kappa shape index (κ2) is 8.85. The van der Waals surface area contributed by atoms with E-state index in [-0.39, 0.29) is 23.3 Å². The molecule has 3 rings (SSSR count). The molecule has 0 fully saturated rings. The number of hydrogen-bond acceptors (Lipinski definition) is 5. The fourth-order valence-corrected chi connectivity index (χ4v) is 4.37. The van der Waals surface area contributed by atoms with Gasteiger partial charge in [0.2, 0.25) is 11.7 Å². The van der Waals surface area contributed by atoms with Crippen molar-refractivity contribution in [2.24, 2.45) is 5.92 Å². The van der Waals surface area contributed by atoms with E-state index >= 15 is 0 Å². The molecule has 0 aliphatic heterocycles. The number of aromatic nitrogens is 2. The van der Waals surface area contributed by atoms with Gasteiger partial charge in [-0.25, -0.2) is 0 Å². The molecule has 29 heavy (non-hydrogen) atoms. The Labute approximate surface area is 173 Å². The normalized spacial score (nSPS) is 19.2. The van der Waals surface area contributed by atoms with E-state index in [0.29, 0.717) is 22.8 Å². The Morgan fingerprint density at radius 3 is 2.66 bits per heavy atom. The number of rotatable bonds is 7. The number of phenols is 2. The average molecular weight is 397 g/mol. The number of phenolic OH excluding ortho intramolecular Hbond substituents is 2. The highest BCUT2D eigenvalue weighted by molar-refractivity contribution is 5.74. The van der Waals surface area contributed by atoms with Crippen molar-refractivity contribution in [1.82, 2.24) is 10.1 Å². The molecule has 2 atom stereocenters. The first kappa shape index (κ1) is 21.2. The zero-order valence-corrected chi connectivity index (χ0v) is 18.0. The lowest BCUT2D eigenvalue weighted by Gasteiger charge is -2.32. The van der Waals surface area contributed by atoms with E-state index in [0.717, 1.165) is 49.7 Å². The molecule has 0 saturated heterocycles. The summed E-state index contributed by atoms with van der Waals surface area (Å²) in [4.78, 5) is 4.36. The number of aryl methyl sites for hydroxylation is 2. The average Bonchev–Trinajstić information content (AvgIpc) is 3.07. The molecule has 0 amide bonds. The van der Waals surface area contributed by atoms with Crippen LogP contribution in [0.25, 0.3) is 11.4 Å². The Bertz CT molecular complexity index is 926. The van der Waals surface area contributed by atoms with Crippen LogP contribution in [0.1, 0.15) is 75.8 Å². The predicted molar refractivity (Wildman–Crippen MR) is 115 cm³/mol. The Hall–Kier alpha value is -2.56. The van der Waals surface area contributed by atoms with E-state index in [1.807, 2.05) is 6.92 Å². The third-order valence-corrected chi connectivity index (χ3v) is 5.91. The lowest BCUT2D eigenvalue weighted by Crippen LogP contribution is -2.17. The van der Waals surface area contributed by atoms with Crippen LogP contribution >= 0.6 is 0 Å². The minimum absolute atomic E-state index is 0.0551. The van der Waals surface area contributed by atoms with Crippen LogP contribution in [0, 0.1) is 12.8 Å². The van der Waals surface area contributed by atoms with Gasteiger partial charge in [0.1, 0.15) is 11.5 Å². The van der Waals surface area contributed by atoms with Gasteiger partial charge in [-0.05, 0) is 57.1 Å². The molecule has 2 N–H and O–H groups in total. The molecule has 1 aliphatic carbocycles. The van der Waals surface area contributed by atoms with E-state index in [1.165, 1.54) is 5.57 Å². The summed E-state index contributed by atoms with van der Waals surface area (Å²) in [6.45, 7) is 12.2. The molecular formula is C24H32N2O3. The molecule has 0 radical (unpaired) electrons. The van der Waals surface area contributed by atoms with Gasteiger partial charge in [-0.2, -0.15) is 4.98 Å². The maximum absolute atomic E-state index is 11.4. The molecule has 1 aromatic heterocycles. The van der Waals surface area contributed by atoms with Crippen molar-refractivity contribution in [1.29, 1.82) is 0 Å². The van der Waals surface area contributed by atoms with Crippen molar-refractivity contribution >= 4 is 0 Å². The summed E-state index contributed by atoms with van der Waals surface area (Å²) in [5.41, 5.74) is 4.27. The quantitative estimate of drug-likeness (QED) is 0.430. The van der Waals surface area contributed by atoms with Gasteiger partial charge < -0.3 is 14.7 Å². The molecule has 156 valence electrons. The zero-order valence-electron chi connectivity index (χ0n) is 18.0. The molecular weight excluding hydrogens is 364 g/mol. The van der Waals surface area contributed by atoms with E-state index in [1.54, 1.807) is 13.0 Å². The Balaban J connectivity index is 2.18. The summed E-state index contributed by atoms with van der Waals surface area (Å²) in [5.74, 6) is 1.04. The molecule has 5 heteroatoms. The van der Waals surface area contributed by atoms with Crippen molar-refractivity contribution in [3.63, 3.8) is 0 Å². The van der Waals surface area contributed by atoms with Crippen molar-refractivity contribution in [3.8, 4) is 22.9 Å². The van der Waals surface area contributed by atoms with Gasteiger partial charge >= 0.3 is 0 Å². The highest BCUT2D eigenvalue weighted by Crippen LogP contribution is 2.50. The topological polar surface area (TPSA) is 79.4 Å². The lowest BCUT2D eigenvalue weighted by atomic mass is 9.73. The largest absolute Gasteiger partial charge is 0.507 e. The van der Waals surface area contributed by atoms with Gasteiger partial charge in [-0.15, -0.1) is 0 Å².